The third-order valence-corrected chi connectivity index (χ3v) is 7.51. The van der Waals surface area contributed by atoms with E-state index in [9.17, 15) is 8.42 Å². The van der Waals surface area contributed by atoms with Gasteiger partial charge < -0.3 is 9.47 Å². The average Bonchev–Trinajstić information content (AvgIpc) is 3.38. The van der Waals surface area contributed by atoms with E-state index in [2.05, 4.69) is 29.0 Å². The van der Waals surface area contributed by atoms with E-state index >= 15 is 0 Å². The number of hydrogen-bond acceptors (Lipinski definition) is 4. The number of aryl methyl sites for hydroxylation is 1. The van der Waals surface area contributed by atoms with Gasteiger partial charge in [-0.2, -0.15) is 0 Å². The normalized spacial score (nSPS) is 20.2. The van der Waals surface area contributed by atoms with Gasteiger partial charge in [0.1, 0.15) is 12.6 Å². The van der Waals surface area contributed by atoms with Crippen LogP contribution in [0.5, 0.6) is 0 Å². The van der Waals surface area contributed by atoms with Crippen molar-refractivity contribution in [2.45, 2.75) is 56.6 Å². The Morgan fingerprint density at radius 3 is 2.93 bits per heavy atom. The lowest BCUT2D eigenvalue weighted by Crippen LogP contribution is -3.09. The fraction of sp³-hybridized carbons (Fsp3) is 0.450. The molecule has 28 heavy (non-hydrogen) atoms. The Labute approximate surface area is 170 Å². The summed E-state index contributed by atoms with van der Waals surface area (Å²) in [5.74, 6) is 1.04. The number of hydrogen-bond donors (Lipinski definition) is 2. The van der Waals surface area contributed by atoms with Crippen molar-refractivity contribution in [2.75, 3.05) is 6.54 Å². The van der Waals surface area contributed by atoms with Crippen LogP contribution in [-0.2, 0) is 23.1 Å². The van der Waals surface area contributed by atoms with Crippen LogP contribution in [0.15, 0.2) is 40.6 Å². The van der Waals surface area contributed by atoms with E-state index in [0.717, 1.165) is 43.8 Å². The zero-order chi connectivity index (χ0) is 19.7. The standard InChI is InChI=1S/C20H26N4O2S2/c1-2-3-11-24-17-9-8-15(28(21,25)26)13-16(17)22-20(24)14-23-10-4-6-18(23)19-7-5-12-27-19/h5,7-9,12-13,18H,2-4,6,10-11,14H2,1H3,(H2,21,25,26)/p+1/t18-/m0/s1. The number of aromatic nitrogens is 2. The summed E-state index contributed by atoms with van der Waals surface area (Å²) in [6.45, 7) is 5.07. The number of nitrogens with one attached hydrogen (secondary N) is 1. The highest BCUT2D eigenvalue weighted by Gasteiger charge is 2.32. The van der Waals surface area contributed by atoms with Crippen LogP contribution < -0.4 is 10.0 Å². The number of unbranched alkanes of at least 4 members (excludes halogenated alkanes) is 1. The van der Waals surface area contributed by atoms with Crippen LogP contribution in [-0.4, -0.2) is 24.5 Å². The molecule has 1 aliphatic rings. The molecule has 3 aromatic rings. The second-order valence-corrected chi connectivity index (χ2v) is 10.1. The number of benzene rings is 1. The molecule has 0 aliphatic carbocycles. The quantitative estimate of drug-likeness (QED) is 0.617. The maximum atomic E-state index is 11.7. The molecule has 0 spiro atoms. The molecule has 3 heterocycles. The van der Waals surface area contributed by atoms with Gasteiger partial charge in [-0.25, -0.2) is 18.5 Å². The van der Waals surface area contributed by atoms with Gasteiger partial charge in [-0.15, -0.1) is 11.3 Å². The van der Waals surface area contributed by atoms with Gasteiger partial charge in [0.2, 0.25) is 10.0 Å². The smallest absolute Gasteiger partial charge is 0.238 e. The summed E-state index contributed by atoms with van der Waals surface area (Å²) >= 11 is 1.83. The van der Waals surface area contributed by atoms with Crippen molar-refractivity contribution in [2.24, 2.45) is 5.14 Å². The van der Waals surface area contributed by atoms with Crippen LogP contribution in [0.2, 0.25) is 0 Å². The number of sulfonamides is 1. The van der Waals surface area contributed by atoms with Gasteiger partial charge in [-0.1, -0.05) is 19.4 Å². The van der Waals surface area contributed by atoms with Gasteiger partial charge in [-0.3, -0.25) is 0 Å². The first-order valence-corrected chi connectivity index (χ1v) is 12.3. The van der Waals surface area contributed by atoms with E-state index in [-0.39, 0.29) is 4.90 Å². The Balaban J connectivity index is 1.70. The zero-order valence-corrected chi connectivity index (χ0v) is 17.7. The molecule has 1 fully saturated rings. The lowest BCUT2D eigenvalue weighted by atomic mass is 10.2. The maximum Gasteiger partial charge on any atom is 0.238 e. The summed E-state index contributed by atoms with van der Waals surface area (Å²) < 4.78 is 25.7. The Morgan fingerprint density at radius 2 is 2.21 bits per heavy atom. The fourth-order valence-corrected chi connectivity index (χ4v) is 5.65. The van der Waals surface area contributed by atoms with E-state index in [1.807, 2.05) is 17.4 Å². The third-order valence-electron chi connectivity index (χ3n) is 5.62. The summed E-state index contributed by atoms with van der Waals surface area (Å²) in [5.41, 5.74) is 1.70. The van der Waals surface area contributed by atoms with Crippen LogP contribution in [0.4, 0.5) is 0 Å². The first kappa shape index (κ1) is 19.6. The minimum atomic E-state index is -3.73. The van der Waals surface area contributed by atoms with Crippen molar-refractivity contribution in [3.05, 3.63) is 46.4 Å². The van der Waals surface area contributed by atoms with Crippen LogP contribution in [0.3, 0.4) is 0 Å². The molecule has 0 bridgehead atoms. The Morgan fingerprint density at radius 1 is 1.36 bits per heavy atom. The van der Waals surface area contributed by atoms with Crippen molar-refractivity contribution >= 4 is 32.4 Å². The summed E-state index contributed by atoms with van der Waals surface area (Å²) in [4.78, 5) is 7.95. The molecule has 1 aliphatic heterocycles. The molecule has 6 nitrogen and oxygen atoms in total. The predicted octanol–water partition coefficient (Wildman–Crippen LogP) is 2.47. The van der Waals surface area contributed by atoms with E-state index in [1.165, 1.54) is 17.7 Å². The number of rotatable bonds is 7. The summed E-state index contributed by atoms with van der Waals surface area (Å²) in [5, 5.41) is 7.46. The monoisotopic (exact) mass is 419 g/mol. The lowest BCUT2D eigenvalue weighted by Gasteiger charge is -2.21. The topological polar surface area (TPSA) is 82.4 Å². The van der Waals surface area contributed by atoms with E-state index in [0.29, 0.717) is 11.6 Å². The molecule has 0 saturated carbocycles. The molecule has 2 aromatic heterocycles. The number of thiophene rings is 1. The largest absolute Gasteiger partial charge is 0.323 e. The number of imidazole rings is 1. The third kappa shape index (κ3) is 3.87. The fourth-order valence-electron chi connectivity index (χ4n) is 4.20. The summed E-state index contributed by atoms with van der Waals surface area (Å²) in [6, 6.07) is 9.92. The minimum Gasteiger partial charge on any atom is -0.323 e. The molecular formula is C20H27N4O2S2+. The van der Waals surface area contributed by atoms with Crippen molar-refractivity contribution in [1.29, 1.82) is 0 Å². The van der Waals surface area contributed by atoms with Gasteiger partial charge >= 0.3 is 0 Å². The Hall–Kier alpha value is -1.74. The number of quaternary nitrogens is 1. The number of likely N-dealkylation sites (tertiary alicyclic amines) is 1. The van der Waals surface area contributed by atoms with Crippen molar-refractivity contribution < 1.29 is 13.3 Å². The lowest BCUT2D eigenvalue weighted by molar-refractivity contribution is -0.932. The summed E-state index contributed by atoms with van der Waals surface area (Å²) in [7, 11) is -3.73. The highest BCUT2D eigenvalue weighted by atomic mass is 32.2. The van der Waals surface area contributed by atoms with Gasteiger partial charge in [0, 0.05) is 19.4 Å². The van der Waals surface area contributed by atoms with Gasteiger partial charge in [-0.05, 0) is 36.1 Å². The van der Waals surface area contributed by atoms with Crippen molar-refractivity contribution in [3.63, 3.8) is 0 Å². The number of primary sulfonamides is 1. The van der Waals surface area contributed by atoms with Crippen LogP contribution >= 0.6 is 11.3 Å². The SMILES string of the molecule is CCCCn1c(C[NH+]2CCC[C@H]2c2cccs2)nc2cc(S(N)(=O)=O)ccc21. The van der Waals surface area contributed by atoms with E-state index in [4.69, 9.17) is 10.1 Å². The molecular weight excluding hydrogens is 392 g/mol. The van der Waals surface area contributed by atoms with Crippen molar-refractivity contribution in [3.8, 4) is 0 Å². The Kier molecular flexibility index (Phi) is 5.55. The number of nitrogens with zero attached hydrogens (tertiary/aromatic N) is 2. The van der Waals surface area contributed by atoms with Crippen LogP contribution in [0.1, 0.15) is 49.4 Å². The molecule has 1 unspecified atom stereocenters. The molecule has 8 heteroatoms. The average molecular weight is 420 g/mol. The van der Waals surface area contributed by atoms with Gasteiger partial charge in [0.05, 0.1) is 27.4 Å². The summed E-state index contributed by atoms with van der Waals surface area (Å²) in [6.07, 6.45) is 4.60. The predicted molar refractivity (Wildman–Crippen MR) is 112 cm³/mol. The van der Waals surface area contributed by atoms with Crippen LogP contribution in [0.25, 0.3) is 11.0 Å². The van der Waals surface area contributed by atoms with Crippen LogP contribution in [0, 0.1) is 0 Å². The molecule has 1 saturated heterocycles. The maximum absolute atomic E-state index is 11.7. The minimum absolute atomic E-state index is 0.122. The van der Waals surface area contributed by atoms with E-state index in [1.54, 1.807) is 17.0 Å². The second-order valence-electron chi connectivity index (χ2n) is 7.52. The molecule has 2 atom stereocenters. The number of nitrogens with two attached hydrogens (primary N) is 1. The molecule has 1 aromatic carbocycles. The molecule has 4 rings (SSSR count). The first-order chi connectivity index (χ1) is 13.5. The number of fused-ring (bicyclic) bond motifs is 1. The highest BCUT2D eigenvalue weighted by molar-refractivity contribution is 7.89. The molecule has 0 radical (unpaired) electrons. The molecule has 3 N–H and O–H groups in total. The van der Waals surface area contributed by atoms with Gasteiger partial charge in [0.25, 0.3) is 0 Å². The first-order valence-electron chi connectivity index (χ1n) is 9.87. The zero-order valence-electron chi connectivity index (χ0n) is 16.1. The Bertz CT molecular complexity index is 1060. The molecule has 0 amide bonds. The van der Waals surface area contributed by atoms with Crippen molar-refractivity contribution in [1.82, 2.24) is 9.55 Å². The van der Waals surface area contributed by atoms with E-state index < -0.39 is 10.0 Å². The van der Waals surface area contributed by atoms with Gasteiger partial charge in [0.15, 0.2) is 5.82 Å². The highest BCUT2D eigenvalue weighted by Crippen LogP contribution is 2.25. The second kappa shape index (κ2) is 7.94. The molecule has 150 valence electrons.